The fraction of sp³-hybridized carbons (Fsp3) is 0.323. The minimum absolute atomic E-state index is 0.137. The van der Waals surface area contributed by atoms with E-state index in [1.54, 1.807) is 18.9 Å². The Balaban J connectivity index is 1.54. The molecule has 0 aliphatic carbocycles. The number of nitrogens with zero attached hydrogens (tertiary/aromatic N) is 2. The second-order valence-electron chi connectivity index (χ2n) is 10.5. The summed E-state index contributed by atoms with van der Waals surface area (Å²) in [5.41, 5.74) is 3.34. The molecule has 0 N–H and O–H groups in total. The minimum atomic E-state index is -4.37. The Morgan fingerprint density at radius 1 is 1.00 bits per heavy atom. The number of benzene rings is 3. The molecule has 0 saturated carbocycles. The van der Waals surface area contributed by atoms with Gasteiger partial charge in [0.05, 0.1) is 49.5 Å². The highest BCUT2D eigenvalue weighted by Crippen LogP contribution is 2.48. The van der Waals surface area contributed by atoms with Gasteiger partial charge in [-0.05, 0) is 60.6 Å². The fourth-order valence-electron chi connectivity index (χ4n) is 5.26. The zero-order valence-electron chi connectivity index (χ0n) is 24.4. The van der Waals surface area contributed by atoms with Gasteiger partial charge in [0, 0.05) is 35.4 Å². The molecule has 1 aliphatic heterocycles. The van der Waals surface area contributed by atoms with Crippen molar-refractivity contribution in [1.29, 1.82) is 0 Å². The number of allylic oxidation sites excluding steroid dienone is 2. The van der Waals surface area contributed by atoms with Crippen LogP contribution in [-0.4, -0.2) is 51.1 Å². The topological polar surface area (TPSA) is 144 Å². The number of hydrogen-bond donors (Lipinski definition) is 0. The predicted molar refractivity (Wildman–Crippen MR) is 169 cm³/mol. The number of unbranched alkanes of at least 4 members (excludes halogenated alkanes) is 1. The molecule has 0 spiro atoms. The molecule has 10 nitrogen and oxygen atoms in total. The van der Waals surface area contributed by atoms with Gasteiger partial charge < -0.3 is 23.2 Å². The Morgan fingerprint density at radius 3 is 2.48 bits per heavy atom. The summed E-state index contributed by atoms with van der Waals surface area (Å²) in [5, 5.41) is 2.89. The van der Waals surface area contributed by atoms with Crippen LogP contribution in [0.15, 0.2) is 80.6 Å². The number of hydrogen-bond acceptors (Lipinski definition) is 10. The number of methoxy groups -OCH3 is 1. The molecule has 5 rings (SSSR count). The standard InChI is InChI=1S/C31H34N2O8S3/c1-3-22(20-30-32(15-6-7-17-43(34,35)36)26-21-24(40-2)12-14-28(26)42-30)19-29-33(16-8-18-44(37,38)39)31-25-10-5-4-9-23(25)11-13-27(31)41-29/h4-5,9-14,19-21H,3,6-8,15-18H2,1-2H3,(H-,34,35,36,37,38,39)/p-1. The highest BCUT2D eigenvalue weighted by molar-refractivity contribution is 8.03. The summed E-state index contributed by atoms with van der Waals surface area (Å²) < 4.78 is 81.3. The number of fused-ring (bicyclic) bond motifs is 4. The Morgan fingerprint density at radius 2 is 1.75 bits per heavy atom. The fourth-order valence-corrected chi connectivity index (χ4v) is 7.45. The quantitative estimate of drug-likeness (QED) is 0.104. The molecule has 0 radical (unpaired) electrons. The van der Waals surface area contributed by atoms with Crippen LogP contribution in [0, 0.1) is 0 Å². The van der Waals surface area contributed by atoms with Crippen LogP contribution in [0.25, 0.3) is 27.9 Å². The van der Waals surface area contributed by atoms with Gasteiger partial charge in [0.15, 0.2) is 6.54 Å². The van der Waals surface area contributed by atoms with Crippen molar-refractivity contribution in [3.05, 3.63) is 77.2 Å². The Kier molecular flexibility index (Phi) is 9.71. The molecule has 13 heteroatoms. The molecule has 0 saturated heterocycles. The van der Waals surface area contributed by atoms with Crippen LogP contribution in [0.2, 0.25) is 0 Å². The third kappa shape index (κ3) is 7.64. The highest BCUT2D eigenvalue weighted by atomic mass is 32.2. The van der Waals surface area contributed by atoms with Gasteiger partial charge in [0.2, 0.25) is 5.58 Å². The first kappa shape index (κ1) is 32.0. The van der Waals surface area contributed by atoms with Crippen LogP contribution in [0.3, 0.4) is 0 Å². The molecule has 0 amide bonds. The van der Waals surface area contributed by atoms with Crippen LogP contribution in [0.5, 0.6) is 5.75 Å². The third-order valence-corrected chi connectivity index (χ3v) is 10.1. The van der Waals surface area contributed by atoms with Gasteiger partial charge in [0.1, 0.15) is 5.75 Å². The van der Waals surface area contributed by atoms with E-state index in [1.165, 1.54) is 0 Å². The van der Waals surface area contributed by atoms with Crippen LogP contribution in [0.1, 0.15) is 38.5 Å². The smallest absolute Gasteiger partial charge is 0.374 e. The largest absolute Gasteiger partial charge is 0.748 e. The van der Waals surface area contributed by atoms with Gasteiger partial charge in [-0.3, -0.25) is 0 Å². The van der Waals surface area contributed by atoms with Crippen molar-refractivity contribution in [2.75, 3.05) is 30.1 Å². The number of anilines is 1. The van der Waals surface area contributed by atoms with Crippen molar-refractivity contribution in [2.45, 2.75) is 44.0 Å². The molecular weight excluding hydrogens is 625 g/mol. The van der Waals surface area contributed by atoms with Crippen LogP contribution in [-0.2, 0) is 26.8 Å². The van der Waals surface area contributed by atoms with E-state index in [2.05, 4.69) is 11.0 Å². The molecule has 2 heterocycles. The average molecular weight is 658 g/mol. The van der Waals surface area contributed by atoms with Crippen molar-refractivity contribution < 1.29 is 39.7 Å². The lowest BCUT2D eigenvalue weighted by Gasteiger charge is -2.21. The van der Waals surface area contributed by atoms with Crippen LogP contribution in [0.4, 0.5) is 5.69 Å². The lowest BCUT2D eigenvalue weighted by Crippen LogP contribution is -2.36. The van der Waals surface area contributed by atoms with E-state index in [0.29, 0.717) is 36.6 Å². The molecule has 0 bridgehead atoms. The maximum absolute atomic E-state index is 11.4. The lowest BCUT2D eigenvalue weighted by atomic mass is 10.1. The van der Waals surface area contributed by atoms with Crippen LogP contribution < -0.4 is 14.2 Å². The van der Waals surface area contributed by atoms with Gasteiger partial charge in [0.25, 0.3) is 5.52 Å². The van der Waals surface area contributed by atoms with Gasteiger partial charge in [-0.2, -0.15) is 4.57 Å². The second kappa shape index (κ2) is 13.3. The van der Waals surface area contributed by atoms with E-state index in [9.17, 15) is 25.9 Å². The first-order valence-electron chi connectivity index (χ1n) is 14.2. The first-order valence-corrected chi connectivity index (χ1v) is 18.2. The van der Waals surface area contributed by atoms with E-state index in [0.717, 1.165) is 37.5 Å². The number of ether oxygens (including phenoxy) is 1. The van der Waals surface area contributed by atoms with Gasteiger partial charge in [-0.15, -0.1) is 0 Å². The van der Waals surface area contributed by atoms with Gasteiger partial charge >= 0.3 is 5.89 Å². The Labute approximate surface area is 261 Å². The maximum Gasteiger partial charge on any atom is 0.374 e. The van der Waals surface area contributed by atoms with E-state index in [1.807, 2.05) is 72.2 Å². The number of oxazole rings is 1. The van der Waals surface area contributed by atoms with Crippen molar-refractivity contribution >= 4 is 65.6 Å². The third-order valence-electron chi connectivity index (χ3n) is 7.38. The predicted octanol–water partition coefficient (Wildman–Crippen LogP) is 5.39. The van der Waals surface area contributed by atoms with Crippen molar-refractivity contribution in [3.63, 3.8) is 0 Å². The van der Waals surface area contributed by atoms with E-state index >= 15 is 0 Å². The molecule has 234 valence electrons. The van der Waals surface area contributed by atoms with Gasteiger partial charge in [-0.1, -0.05) is 43.0 Å². The van der Waals surface area contributed by atoms with E-state index < -0.39 is 31.7 Å². The monoisotopic (exact) mass is 657 g/mol. The molecule has 4 aromatic rings. The zero-order chi connectivity index (χ0) is 31.5. The first-order chi connectivity index (χ1) is 21.0. The maximum atomic E-state index is 11.4. The molecular formula is C31H33N2O8S3-. The van der Waals surface area contributed by atoms with Crippen molar-refractivity contribution in [2.24, 2.45) is 0 Å². The summed E-state index contributed by atoms with van der Waals surface area (Å²) in [6.07, 6.45) is 5.53. The molecule has 1 aliphatic rings. The van der Waals surface area contributed by atoms with Crippen LogP contribution >= 0.6 is 11.8 Å². The van der Waals surface area contributed by atoms with Crippen molar-refractivity contribution in [1.82, 2.24) is 0 Å². The average Bonchev–Trinajstić information content (AvgIpc) is 3.50. The SMILES string of the molecule is CCC(=Cc1oc2ccc3ccccc3c2[n+]1CCCS(=O)(=O)[O-])C=C1Sc2ccc(OC)cc2N1CCCCS(=O)(=O)[O-]. The minimum Gasteiger partial charge on any atom is -0.748 e. The molecule has 44 heavy (non-hydrogen) atoms. The summed E-state index contributed by atoms with van der Waals surface area (Å²) in [7, 11) is -7.06. The Bertz CT molecular complexity index is 1960. The summed E-state index contributed by atoms with van der Waals surface area (Å²) in [6.45, 7) is 2.80. The second-order valence-corrected chi connectivity index (χ2v) is 14.6. The van der Waals surface area contributed by atoms with E-state index in [-0.39, 0.29) is 19.4 Å². The molecule has 0 atom stereocenters. The normalized spacial score (nSPS) is 15.0. The van der Waals surface area contributed by atoms with Crippen molar-refractivity contribution in [3.8, 4) is 5.75 Å². The van der Waals surface area contributed by atoms with Gasteiger partial charge in [-0.25, -0.2) is 16.8 Å². The molecule has 3 aromatic carbocycles. The van der Waals surface area contributed by atoms with E-state index in [4.69, 9.17) is 9.15 Å². The summed E-state index contributed by atoms with van der Waals surface area (Å²) >= 11 is 1.58. The zero-order valence-corrected chi connectivity index (χ0v) is 26.8. The molecule has 1 aromatic heterocycles. The molecule has 0 unspecified atom stereocenters. The Hall–Kier alpha value is -3.36. The lowest BCUT2D eigenvalue weighted by molar-refractivity contribution is -0.677. The summed E-state index contributed by atoms with van der Waals surface area (Å²) in [5.74, 6) is 0.334. The number of aromatic nitrogens is 1. The number of rotatable bonds is 13. The highest BCUT2D eigenvalue weighted by Gasteiger charge is 2.27. The summed E-state index contributed by atoms with van der Waals surface area (Å²) in [4.78, 5) is 3.12. The number of thioether (sulfide) groups is 1. The summed E-state index contributed by atoms with van der Waals surface area (Å²) in [6, 6.07) is 17.5. The number of aryl methyl sites for hydroxylation is 1. The molecule has 0 fully saturated rings.